The summed E-state index contributed by atoms with van der Waals surface area (Å²) in [5.41, 5.74) is 5.25. The molecule has 1 heterocycles. The lowest BCUT2D eigenvalue weighted by atomic mass is 10.1. The quantitative estimate of drug-likeness (QED) is 0.642. The van der Waals surface area contributed by atoms with E-state index in [2.05, 4.69) is 0 Å². The molecule has 0 spiro atoms. The van der Waals surface area contributed by atoms with E-state index in [-0.39, 0.29) is 6.54 Å². The number of hydrogen-bond acceptors (Lipinski definition) is 4. The Morgan fingerprint density at radius 2 is 2.08 bits per heavy atom. The summed E-state index contributed by atoms with van der Waals surface area (Å²) in [7, 11) is 0. The first-order valence-electron chi connectivity index (χ1n) is 4.05. The van der Waals surface area contributed by atoms with Crippen LogP contribution in [0.4, 0.5) is 0 Å². The van der Waals surface area contributed by atoms with Gasteiger partial charge in [-0.1, -0.05) is 0 Å². The van der Waals surface area contributed by atoms with Crippen molar-refractivity contribution in [2.45, 2.75) is 31.7 Å². The normalized spacial score (nSPS) is 21.6. The maximum absolute atomic E-state index is 9.18. The largest absolute Gasteiger partial charge is 0.457 e. The molecule has 0 aromatic carbocycles. The molecule has 0 aromatic rings. The zero-order valence-corrected chi connectivity index (χ0v) is 7.19. The maximum Gasteiger partial charge on any atom is 0.247 e. The highest BCUT2D eigenvalue weighted by Gasteiger charge is 2.29. The summed E-state index contributed by atoms with van der Waals surface area (Å²) >= 11 is 0. The molecule has 1 rings (SSSR count). The molecular formula is C8H15NO3. The highest BCUT2D eigenvalue weighted by molar-refractivity contribution is 4.80. The van der Waals surface area contributed by atoms with Crippen LogP contribution in [-0.2, 0) is 9.47 Å². The fourth-order valence-electron chi connectivity index (χ4n) is 1.04. The third-order valence-electron chi connectivity index (χ3n) is 1.89. The molecule has 0 radical (unpaired) electrons. The third-order valence-corrected chi connectivity index (χ3v) is 1.89. The van der Waals surface area contributed by atoms with Crippen LogP contribution in [0.2, 0.25) is 0 Å². The van der Waals surface area contributed by atoms with Crippen molar-refractivity contribution < 1.29 is 14.6 Å². The molecule has 0 bridgehead atoms. The van der Waals surface area contributed by atoms with Crippen LogP contribution >= 0.6 is 0 Å². The molecule has 4 nitrogen and oxygen atoms in total. The van der Waals surface area contributed by atoms with Gasteiger partial charge >= 0.3 is 0 Å². The van der Waals surface area contributed by atoms with E-state index >= 15 is 0 Å². The molecule has 1 aliphatic heterocycles. The van der Waals surface area contributed by atoms with Gasteiger partial charge in [-0.05, 0) is 6.42 Å². The standard InChI is InChI=1S/C8H15NO3/c1-8(11-4-5-12-8)3-2-7(10)6-9/h4-5,7,10H,2-3,6,9H2,1H3. The van der Waals surface area contributed by atoms with Crippen LogP contribution in [0.25, 0.3) is 0 Å². The van der Waals surface area contributed by atoms with E-state index in [1.54, 1.807) is 0 Å². The van der Waals surface area contributed by atoms with Gasteiger partial charge in [0, 0.05) is 19.9 Å². The summed E-state index contributed by atoms with van der Waals surface area (Å²) in [6.07, 6.45) is 3.78. The molecule has 1 unspecified atom stereocenters. The van der Waals surface area contributed by atoms with Crippen molar-refractivity contribution >= 4 is 0 Å². The Morgan fingerprint density at radius 1 is 1.50 bits per heavy atom. The minimum absolute atomic E-state index is 0.281. The molecule has 0 saturated heterocycles. The second-order valence-electron chi connectivity index (χ2n) is 3.07. The van der Waals surface area contributed by atoms with E-state index in [0.717, 1.165) is 0 Å². The lowest BCUT2D eigenvalue weighted by molar-refractivity contribution is -0.135. The van der Waals surface area contributed by atoms with Crippen LogP contribution in [0.15, 0.2) is 12.5 Å². The lowest BCUT2D eigenvalue weighted by Crippen LogP contribution is -2.29. The number of ether oxygens (including phenoxy) is 2. The Hall–Kier alpha value is -0.740. The van der Waals surface area contributed by atoms with E-state index < -0.39 is 11.9 Å². The van der Waals surface area contributed by atoms with Gasteiger partial charge < -0.3 is 20.3 Å². The van der Waals surface area contributed by atoms with Gasteiger partial charge in [-0.15, -0.1) is 0 Å². The van der Waals surface area contributed by atoms with Crippen molar-refractivity contribution in [3.63, 3.8) is 0 Å². The van der Waals surface area contributed by atoms with Gasteiger partial charge in [0.15, 0.2) is 0 Å². The summed E-state index contributed by atoms with van der Waals surface area (Å²) in [6, 6.07) is 0. The summed E-state index contributed by atoms with van der Waals surface area (Å²) in [6.45, 7) is 2.11. The number of rotatable bonds is 4. The minimum Gasteiger partial charge on any atom is -0.457 e. The Balaban J connectivity index is 2.22. The summed E-state index contributed by atoms with van der Waals surface area (Å²) in [4.78, 5) is 0. The number of aliphatic hydroxyl groups excluding tert-OH is 1. The average Bonchev–Trinajstić information content (AvgIpc) is 2.49. The first kappa shape index (κ1) is 9.35. The van der Waals surface area contributed by atoms with Crippen molar-refractivity contribution in [2.24, 2.45) is 5.73 Å². The molecule has 0 saturated carbocycles. The van der Waals surface area contributed by atoms with Crippen LogP contribution in [0.5, 0.6) is 0 Å². The van der Waals surface area contributed by atoms with Crippen molar-refractivity contribution in [1.29, 1.82) is 0 Å². The Morgan fingerprint density at radius 3 is 2.58 bits per heavy atom. The monoisotopic (exact) mass is 173 g/mol. The second-order valence-corrected chi connectivity index (χ2v) is 3.07. The van der Waals surface area contributed by atoms with Crippen LogP contribution < -0.4 is 5.73 Å². The first-order chi connectivity index (χ1) is 5.66. The van der Waals surface area contributed by atoms with Crippen molar-refractivity contribution in [3.8, 4) is 0 Å². The molecule has 0 amide bonds. The predicted molar refractivity (Wildman–Crippen MR) is 44.0 cm³/mol. The number of hydrogen-bond donors (Lipinski definition) is 2. The highest BCUT2D eigenvalue weighted by Crippen LogP contribution is 2.25. The van der Waals surface area contributed by atoms with Crippen LogP contribution in [-0.4, -0.2) is 23.5 Å². The summed E-state index contributed by atoms with van der Waals surface area (Å²) in [5, 5.41) is 9.18. The Labute approximate surface area is 72.0 Å². The van der Waals surface area contributed by atoms with Gasteiger partial charge in [-0.25, -0.2) is 0 Å². The second kappa shape index (κ2) is 3.78. The smallest absolute Gasteiger partial charge is 0.247 e. The molecule has 12 heavy (non-hydrogen) atoms. The Bertz CT molecular complexity index is 162. The molecular weight excluding hydrogens is 158 g/mol. The predicted octanol–water partition coefficient (Wildman–Crippen LogP) is 0.320. The van der Waals surface area contributed by atoms with E-state index in [9.17, 15) is 5.11 Å². The summed E-state index contributed by atoms with van der Waals surface area (Å²) < 4.78 is 10.4. The van der Waals surface area contributed by atoms with Gasteiger partial charge in [0.05, 0.1) is 6.10 Å². The zero-order valence-electron chi connectivity index (χ0n) is 7.19. The van der Waals surface area contributed by atoms with Gasteiger partial charge in [0.2, 0.25) is 5.79 Å². The van der Waals surface area contributed by atoms with E-state index in [1.165, 1.54) is 12.5 Å². The zero-order chi connectivity index (χ0) is 9.03. The fourth-order valence-corrected chi connectivity index (χ4v) is 1.04. The molecule has 0 aliphatic carbocycles. The maximum atomic E-state index is 9.18. The van der Waals surface area contributed by atoms with Gasteiger partial charge in [-0.3, -0.25) is 0 Å². The SMILES string of the molecule is CC1(CCC(O)CN)OC=CO1. The fraction of sp³-hybridized carbons (Fsp3) is 0.750. The lowest BCUT2D eigenvalue weighted by Gasteiger charge is -2.23. The van der Waals surface area contributed by atoms with Crippen LogP contribution in [0, 0.1) is 0 Å². The van der Waals surface area contributed by atoms with Crippen molar-refractivity contribution in [1.82, 2.24) is 0 Å². The molecule has 1 atom stereocenters. The molecule has 0 fully saturated rings. The number of nitrogens with two attached hydrogens (primary N) is 1. The molecule has 4 heteroatoms. The van der Waals surface area contributed by atoms with Gasteiger partial charge in [0.1, 0.15) is 12.5 Å². The molecule has 1 aliphatic rings. The number of aliphatic hydroxyl groups is 1. The van der Waals surface area contributed by atoms with Crippen molar-refractivity contribution in [2.75, 3.05) is 6.54 Å². The highest BCUT2D eigenvalue weighted by atomic mass is 16.7. The molecule has 70 valence electrons. The minimum atomic E-state index is -0.601. The first-order valence-corrected chi connectivity index (χ1v) is 4.05. The van der Waals surface area contributed by atoms with Crippen LogP contribution in [0.3, 0.4) is 0 Å². The van der Waals surface area contributed by atoms with Crippen molar-refractivity contribution in [3.05, 3.63) is 12.5 Å². The Kier molecular flexibility index (Phi) is 2.94. The third kappa shape index (κ3) is 2.39. The molecule has 0 aromatic heterocycles. The van der Waals surface area contributed by atoms with Gasteiger partial charge in [-0.2, -0.15) is 0 Å². The van der Waals surface area contributed by atoms with Crippen LogP contribution in [0.1, 0.15) is 19.8 Å². The average molecular weight is 173 g/mol. The van der Waals surface area contributed by atoms with E-state index in [4.69, 9.17) is 15.2 Å². The topological polar surface area (TPSA) is 64.7 Å². The van der Waals surface area contributed by atoms with E-state index in [0.29, 0.717) is 12.8 Å². The van der Waals surface area contributed by atoms with Gasteiger partial charge in [0.25, 0.3) is 0 Å². The summed E-state index contributed by atoms with van der Waals surface area (Å²) in [5.74, 6) is -0.601. The van der Waals surface area contributed by atoms with E-state index in [1.807, 2.05) is 6.92 Å². The molecule has 3 N–H and O–H groups in total.